The zero-order valence-electron chi connectivity index (χ0n) is 17.2. The number of benzene rings is 2. The number of carbonyl (C=O) groups is 1. The molecule has 0 saturated heterocycles. The first kappa shape index (κ1) is 20.2. The molecule has 0 aliphatic carbocycles. The molecule has 0 radical (unpaired) electrons. The van der Waals surface area contributed by atoms with E-state index >= 15 is 0 Å². The van der Waals surface area contributed by atoms with E-state index in [4.69, 9.17) is 9.72 Å². The molecule has 4 rings (SSSR count). The molecule has 0 aliphatic heterocycles. The highest BCUT2D eigenvalue weighted by atomic mass is 32.2. The lowest BCUT2D eigenvalue weighted by atomic mass is 10.1. The van der Waals surface area contributed by atoms with Gasteiger partial charge in [0.2, 0.25) is 5.91 Å². The van der Waals surface area contributed by atoms with E-state index in [-0.39, 0.29) is 5.91 Å². The molecule has 30 heavy (non-hydrogen) atoms. The van der Waals surface area contributed by atoms with Crippen LogP contribution in [0.5, 0.6) is 5.75 Å². The molecule has 0 unspecified atom stereocenters. The number of nitrogens with zero attached hydrogens (tertiary/aromatic N) is 5. The number of thioether (sulfide) groups is 1. The maximum absolute atomic E-state index is 12.5. The van der Waals surface area contributed by atoms with Gasteiger partial charge < -0.3 is 9.64 Å². The van der Waals surface area contributed by atoms with E-state index < -0.39 is 0 Å². The van der Waals surface area contributed by atoms with Crippen LogP contribution in [-0.4, -0.2) is 56.3 Å². The average molecular weight is 422 g/mol. The molecule has 154 valence electrons. The van der Waals surface area contributed by atoms with Gasteiger partial charge in [0.1, 0.15) is 11.6 Å². The Hall–Kier alpha value is -3.13. The lowest BCUT2D eigenvalue weighted by molar-refractivity contribution is -0.127. The normalized spacial score (nSPS) is 11.2. The van der Waals surface area contributed by atoms with Crippen LogP contribution in [0.4, 0.5) is 0 Å². The summed E-state index contributed by atoms with van der Waals surface area (Å²) < 4.78 is 7.22. The van der Waals surface area contributed by atoms with Gasteiger partial charge >= 0.3 is 0 Å². The highest BCUT2D eigenvalue weighted by Gasteiger charge is 2.18. The third-order valence-electron chi connectivity index (χ3n) is 5.01. The van der Waals surface area contributed by atoms with Crippen molar-refractivity contribution in [1.29, 1.82) is 0 Å². The van der Waals surface area contributed by atoms with E-state index in [1.54, 1.807) is 7.11 Å². The Morgan fingerprint density at radius 3 is 2.50 bits per heavy atom. The SMILES string of the molecule is CCN(CC)C(=O)CSc1nnc2c3ccccc3nc(-c3ccc(OC)cc3)n12. The van der Waals surface area contributed by atoms with Crippen molar-refractivity contribution in [2.24, 2.45) is 0 Å². The van der Waals surface area contributed by atoms with Crippen LogP contribution in [0, 0.1) is 0 Å². The second kappa shape index (κ2) is 8.71. The van der Waals surface area contributed by atoms with Gasteiger partial charge in [-0.25, -0.2) is 4.98 Å². The summed E-state index contributed by atoms with van der Waals surface area (Å²) in [5, 5.41) is 10.4. The molecule has 8 heteroatoms. The molecule has 0 atom stereocenters. The zero-order valence-corrected chi connectivity index (χ0v) is 18.0. The summed E-state index contributed by atoms with van der Waals surface area (Å²) in [4.78, 5) is 19.2. The molecule has 1 amide bonds. The summed E-state index contributed by atoms with van der Waals surface area (Å²) in [7, 11) is 1.64. The minimum atomic E-state index is 0.0847. The van der Waals surface area contributed by atoms with Crippen LogP contribution in [0.3, 0.4) is 0 Å². The number of methoxy groups -OCH3 is 1. The summed E-state index contributed by atoms with van der Waals surface area (Å²) in [5.74, 6) is 1.90. The number of amides is 1. The lowest BCUT2D eigenvalue weighted by Crippen LogP contribution is -2.31. The van der Waals surface area contributed by atoms with Crippen molar-refractivity contribution in [1.82, 2.24) is 24.5 Å². The molecule has 0 saturated carbocycles. The first-order valence-electron chi connectivity index (χ1n) is 9.85. The van der Waals surface area contributed by atoms with Gasteiger partial charge in [0.05, 0.1) is 18.4 Å². The summed E-state index contributed by atoms with van der Waals surface area (Å²) in [6.45, 7) is 5.35. The van der Waals surface area contributed by atoms with Gasteiger partial charge in [-0.15, -0.1) is 10.2 Å². The number of rotatable bonds is 7. The van der Waals surface area contributed by atoms with Crippen molar-refractivity contribution in [3.05, 3.63) is 48.5 Å². The smallest absolute Gasteiger partial charge is 0.233 e. The first-order chi connectivity index (χ1) is 14.7. The molecular weight excluding hydrogens is 398 g/mol. The molecule has 7 nitrogen and oxygen atoms in total. The molecule has 4 aromatic rings. The van der Waals surface area contributed by atoms with Crippen molar-refractivity contribution in [3.63, 3.8) is 0 Å². The number of ether oxygens (including phenoxy) is 1. The highest BCUT2D eigenvalue weighted by molar-refractivity contribution is 7.99. The Kier molecular flexibility index (Phi) is 5.85. The van der Waals surface area contributed by atoms with Crippen LogP contribution in [-0.2, 0) is 4.79 Å². The highest BCUT2D eigenvalue weighted by Crippen LogP contribution is 2.30. The van der Waals surface area contributed by atoms with E-state index in [1.165, 1.54) is 11.8 Å². The Bertz CT molecular complexity index is 1190. The third kappa shape index (κ3) is 3.70. The fourth-order valence-electron chi connectivity index (χ4n) is 3.38. The van der Waals surface area contributed by atoms with E-state index in [9.17, 15) is 4.79 Å². The first-order valence-corrected chi connectivity index (χ1v) is 10.8. The molecule has 0 fully saturated rings. The van der Waals surface area contributed by atoms with Gasteiger partial charge in [-0.3, -0.25) is 9.20 Å². The Morgan fingerprint density at radius 1 is 1.07 bits per heavy atom. The van der Waals surface area contributed by atoms with Crippen LogP contribution in [0.2, 0.25) is 0 Å². The summed E-state index contributed by atoms with van der Waals surface area (Å²) >= 11 is 1.38. The van der Waals surface area contributed by atoms with Crippen molar-refractivity contribution in [2.45, 2.75) is 19.0 Å². The number of hydrogen-bond donors (Lipinski definition) is 0. The zero-order chi connectivity index (χ0) is 21.1. The van der Waals surface area contributed by atoms with Gasteiger partial charge in [-0.2, -0.15) is 0 Å². The molecule has 2 aromatic heterocycles. The number of carbonyl (C=O) groups excluding carboxylic acids is 1. The van der Waals surface area contributed by atoms with Gasteiger partial charge in [0.25, 0.3) is 0 Å². The van der Waals surface area contributed by atoms with Gasteiger partial charge in [-0.05, 0) is 50.2 Å². The second-order valence-corrected chi connectivity index (χ2v) is 7.62. The Balaban J connectivity index is 1.82. The van der Waals surface area contributed by atoms with Gasteiger partial charge in [0, 0.05) is 24.0 Å². The Morgan fingerprint density at radius 2 is 1.80 bits per heavy atom. The fraction of sp³-hybridized carbons (Fsp3) is 0.273. The summed E-state index contributed by atoms with van der Waals surface area (Å²) in [6.07, 6.45) is 0. The van der Waals surface area contributed by atoms with E-state index in [1.807, 2.05) is 71.7 Å². The second-order valence-electron chi connectivity index (χ2n) is 6.68. The summed E-state index contributed by atoms with van der Waals surface area (Å²) in [5.41, 5.74) is 2.49. The third-order valence-corrected chi connectivity index (χ3v) is 5.92. The molecule has 0 N–H and O–H groups in total. The lowest BCUT2D eigenvalue weighted by Gasteiger charge is -2.18. The standard InChI is InChI=1S/C22H23N5O2S/c1-4-26(5-2)19(28)14-30-22-25-24-21-17-8-6-7-9-18(17)23-20(27(21)22)15-10-12-16(29-3)13-11-15/h6-13H,4-5,14H2,1-3H3. The predicted octanol–water partition coefficient (Wildman–Crippen LogP) is 3.91. The monoisotopic (exact) mass is 421 g/mol. The number of para-hydroxylation sites is 1. The molecule has 0 aliphatic rings. The fourth-order valence-corrected chi connectivity index (χ4v) is 4.22. The number of aromatic nitrogens is 4. The molecule has 0 spiro atoms. The van der Waals surface area contributed by atoms with E-state index in [2.05, 4.69) is 10.2 Å². The molecule has 0 bridgehead atoms. The van der Waals surface area contributed by atoms with E-state index in [0.717, 1.165) is 33.7 Å². The Labute approximate surface area is 179 Å². The quantitative estimate of drug-likeness (QED) is 0.421. The van der Waals surface area contributed by atoms with E-state index in [0.29, 0.717) is 24.0 Å². The van der Waals surface area contributed by atoms with Crippen molar-refractivity contribution < 1.29 is 9.53 Å². The van der Waals surface area contributed by atoms with Gasteiger partial charge in [-0.1, -0.05) is 23.9 Å². The summed E-state index contributed by atoms with van der Waals surface area (Å²) in [6, 6.07) is 15.6. The largest absolute Gasteiger partial charge is 0.497 e. The van der Waals surface area contributed by atoms with Crippen LogP contribution in [0.15, 0.2) is 53.7 Å². The van der Waals surface area contributed by atoms with Crippen molar-refractivity contribution >= 4 is 34.2 Å². The topological polar surface area (TPSA) is 72.6 Å². The minimum Gasteiger partial charge on any atom is -0.497 e. The van der Waals surface area contributed by atoms with Gasteiger partial charge in [0.15, 0.2) is 10.8 Å². The van der Waals surface area contributed by atoms with Crippen molar-refractivity contribution in [3.8, 4) is 17.1 Å². The minimum absolute atomic E-state index is 0.0847. The number of fused-ring (bicyclic) bond motifs is 3. The maximum atomic E-state index is 12.5. The molecule has 2 heterocycles. The molecule has 2 aromatic carbocycles. The number of hydrogen-bond acceptors (Lipinski definition) is 6. The maximum Gasteiger partial charge on any atom is 0.233 e. The van der Waals surface area contributed by atoms with Crippen molar-refractivity contribution in [2.75, 3.05) is 26.0 Å². The van der Waals surface area contributed by atoms with Crippen LogP contribution >= 0.6 is 11.8 Å². The van der Waals surface area contributed by atoms with Crippen LogP contribution in [0.1, 0.15) is 13.8 Å². The molecular formula is C22H23N5O2S. The van der Waals surface area contributed by atoms with Crippen LogP contribution < -0.4 is 4.74 Å². The van der Waals surface area contributed by atoms with Crippen LogP contribution in [0.25, 0.3) is 27.9 Å². The predicted molar refractivity (Wildman–Crippen MR) is 119 cm³/mol. The average Bonchev–Trinajstić information content (AvgIpc) is 3.22.